The van der Waals surface area contributed by atoms with Crippen molar-refractivity contribution in [2.75, 3.05) is 26.0 Å². The van der Waals surface area contributed by atoms with Crippen molar-refractivity contribution < 1.29 is 9.90 Å². The molecule has 0 fully saturated rings. The molecule has 2 aromatic rings. The first-order chi connectivity index (χ1) is 9.99. The van der Waals surface area contributed by atoms with Gasteiger partial charge in [-0.2, -0.15) is 0 Å². The number of fused-ring (bicyclic) bond motifs is 1. The predicted octanol–water partition coefficient (Wildman–Crippen LogP) is 2.69. The Labute approximate surface area is 124 Å². The largest absolute Gasteiger partial charge is 0.478 e. The third-order valence-electron chi connectivity index (χ3n) is 3.41. The average Bonchev–Trinajstić information content (AvgIpc) is 2.45. The van der Waals surface area contributed by atoms with Crippen LogP contribution in [0.5, 0.6) is 0 Å². The molecule has 0 aliphatic carbocycles. The van der Waals surface area contributed by atoms with Gasteiger partial charge in [0.25, 0.3) is 0 Å². The van der Waals surface area contributed by atoms with Crippen LogP contribution in [0, 0.1) is 0 Å². The summed E-state index contributed by atoms with van der Waals surface area (Å²) >= 11 is 0. The molecule has 0 saturated carbocycles. The van der Waals surface area contributed by atoms with E-state index >= 15 is 0 Å². The number of hydrogen-bond acceptors (Lipinski definition) is 4. The highest BCUT2D eigenvalue weighted by atomic mass is 16.4. The summed E-state index contributed by atoms with van der Waals surface area (Å²) in [5, 5.41) is 13.6. The van der Waals surface area contributed by atoms with Gasteiger partial charge in [0, 0.05) is 17.6 Å². The van der Waals surface area contributed by atoms with E-state index in [4.69, 9.17) is 0 Å². The third kappa shape index (κ3) is 3.70. The normalized spacial score (nSPS) is 12.6. The van der Waals surface area contributed by atoms with Crippen molar-refractivity contribution in [1.29, 1.82) is 0 Å². The predicted molar refractivity (Wildman–Crippen MR) is 85.0 cm³/mol. The van der Waals surface area contributed by atoms with Gasteiger partial charge in [-0.1, -0.05) is 18.2 Å². The molecular weight excluding hydrogens is 266 g/mol. The van der Waals surface area contributed by atoms with Gasteiger partial charge < -0.3 is 15.3 Å². The summed E-state index contributed by atoms with van der Waals surface area (Å²) in [6.45, 7) is 3.00. The van der Waals surface area contributed by atoms with Gasteiger partial charge in [0.2, 0.25) is 0 Å². The Kier molecular flexibility index (Phi) is 4.75. The maximum absolute atomic E-state index is 11.4. The highest BCUT2D eigenvalue weighted by Crippen LogP contribution is 2.26. The van der Waals surface area contributed by atoms with E-state index in [1.54, 1.807) is 0 Å². The topological polar surface area (TPSA) is 65.5 Å². The smallest absolute Gasteiger partial charge is 0.339 e. The number of pyridine rings is 1. The SMILES string of the molecule is CC(CCN(C)C)Nc1c(C(=O)O)cnc2ccccc12. The molecule has 1 aromatic heterocycles. The molecule has 0 radical (unpaired) electrons. The van der Waals surface area contributed by atoms with Gasteiger partial charge in [-0.05, 0) is 40.1 Å². The highest BCUT2D eigenvalue weighted by molar-refractivity contribution is 6.04. The molecule has 2 rings (SSSR count). The Morgan fingerprint density at radius 2 is 2.10 bits per heavy atom. The van der Waals surface area contributed by atoms with Crippen LogP contribution in [0.25, 0.3) is 10.9 Å². The van der Waals surface area contributed by atoms with E-state index in [1.807, 2.05) is 38.4 Å². The van der Waals surface area contributed by atoms with Crippen LogP contribution in [0.15, 0.2) is 30.5 Å². The van der Waals surface area contributed by atoms with E-state index in [9.17, 15) is 9.90 Å². The van der Waals surface area contributed by atoms with Crippen LogP contribution < -0.4 is 5.32 Å². The maximum Gasteiger partial charge on any atom is 0.339 e. The van der Waals surface area contributed by atoms with Gasteiger partial charge >= 0.3 is 5.97 Å². The van der Waals surface area contributed by atoms with E-state index in [1.165, 1.54) is 6.20 Å². The molecule has 112 valence electrons. The molecule has 1 atom stereocenters. The van der Waals surface area contributed by atoms with Crippen LogP contribution in [0.3, 0.4) is 0 Å². The second kappa shape index (κ2) is 6.54. The lowest BCUT2D eigenvalue weighted by Gasteiger charge is -2.20. The number of carboxylic acid groups (broad SMARTS) is 1. The fourth-order valence-electron chi connectivity index (χ4n) is 2.23. The number of benzene rings is 1. The standard InChI is InChI=1S/C16H21N3O2/c1-11(8-9-19(2)3)18-15-12-6-4-5-7-14(12)17-10-13(15)16(20)21/h4-7,10-11H,8-9H2,1-3H3,(H,17,18)(H,20,21). The minimum Gasteiger partial charge on any atom is -0.478 e. The number of hydrogen-bond donors (Lipinski definition) is 2. The first-order valence-corrected chi connectivity index (χ1v) is 7.01. The minimum atomic E-state index is -0.962. The molecule has 0 amide bonds. The molecule has 2 N–H and O–H groups in total. The van der Waals surface area contributed by atoms with Crippen LogP contribution in [0.2, 0.25) is 0 Å². The molecule has 21 heavy (non-hydrogen) atoms. The second-order valence-corrected chi connectivity index (χ2v) is 5.51. The monoisotopic (exact) mass is 287 g/mol. The Balaban J connectivity index is 2.35. The zero-order valence-electron chi connectivity index (χ0n) is 12.6. The van der Waals surface area contributed by atoms with Gasteiger partial charge in [0.1, 0.15) is 5.56 Å². The summed E-state index contributed by atoms with van der Waals surface area (Å²) in [7, 11) is 4.05. The van der Waals surface area contributed by atoms with Gasteiger partial charge in [-0.25, -0.2) is 4.79 Å². The minimum absolute atomic E-state index is 0.177. The Morgan fingerprint density at radius 1 is 1.38 bits per heavy atom. The molecule has 5 nitrogen and oxygen atoms in total. The van der Waals surface area contributed by atoms with E-state index in [0.29, 0.717) is 5.69 Å². The fraction of sp³-hybridized carbons (Fsp3) is 0.375. The number of para-hydroxylation sites is 1. The number of anilines is 1. The molecule has 0 spiro atoms. The molecule has 1 heterocycles. The van der Waals surface area contributed by atoms with Crippen molar-refractivity contribution in [3.63, 3.8) is 0 Å². The van der Waals surface area contributed by atoms with E-state index < -0.39 is 5.97 Å². The molecule has 0 bridgehead atoms. The van der Waals surface area contributed by atoms with Crippen molar-refractivity contribution in [3.8, 4) is 0 Å². The lowest BCUT2D eigenvalue weighted by Crippen LogP contribution is -2.24. The van der Waals surface area contributed by atoms with E-state index in [0.717, 1.165) is 23.9 Å². The maximum atomic E-state index is 11.4. The number of carbonyl (C=O) groups is 1. The molecule has 0 aliphatic heterocycles. The molecule has 5 heteroatoms. The van der Waals surface area contributed by atoms with E-state index in [2.05, 4.69) is 22.1 Å². The number of aromatic carboxylic acids is 1. The average molecular weight is 287 g/mol. The summed E-state index contributed by atoms with van der Waals surface area (Å²) in [5.41, 5.74) is 1.66. The van der Waals surface area contributed by atoms with Gasteiger partial charge in [-0.3, -0.25) is 4.98 Å². The lowest BCUT2D eigenvalue weighted by molar-refractivity contribution is 0.0697. The molecular formula is C16H21N3O2. The zero-order valence-corrected chi connectivity index (χ0v) is 12.6. The van der Waals surface area contributed by atoms with Crippen molar-refractivity contribution in [3.05, 3.63) is 36.0 Å². The van der Waals surface area contributed by atoms with Gasteiger partial charge in [0.05, 0.1) is 11.2 Å². The Hall–Kier alpha value is -2.14. The van der Waals surface area contributed by atoms with Gasteiger partial charge in [-0.15, -0.1) is 0 Å². The molecule has 0 saturated heterocycles. The highest BCUT2D eigenvalue weighted by Gasteiger charge is 2.16. The summed E-state index contributed by atoms with van der Waals surface area (Å²) in [5.74, 6) is -0.962. The van der Waals surface area contributed by atoms with Crippen molar-refractivity contribution in [1.82, 2.24) is 9.88 Å². The Bertz CT molecular complexity index is 640. The van der Waals surface area contributed by atoms with Crippen LogP contribution in [-0.2, 0) is 0 Å². The molecule has 1 aromatic carbocycles. The number of nitrogens with zero attached hydrogens (tertiary/aromatic N) is 2. The Morgan fingerprint density at radius 3 is 2.76 bits per heavy atom. The summed E-state index contributed by atoms with van der Waals surface area (Å²) in [6.07, 6.45) is 2.36. The summed E-state index contributed by atoms with van der Waals surface area (Å²) in [6, 6.07) is 7.75. The van der Waals surface area contributed by atoms with Gasteiger partial charge in [0.15, 0.2) is 0 Å². The fourth-order valence-corrected chi connectivity index (χ4v) is 2.23. The van der Waals surface area contributed by atoms with Crippen LogP contribution in [0.4, 0.5) is 5.69 Å². The van der Waals surface area contributed by atoms with Crippen molar-refractivity contribution in [2.45, 2.75) is 19.4 Å². The first-order valence-electron chi connectivity index (χ1n) is 7.01. The third-order valence-corrected chi connectivity index (χ3v) is 3.41. The molecule has 1 unspecified atom stereocenters. The van der Waals surface area contributed by atoms with Crippen LogP contribution in [-0.4, -0.2) is 47.6 Å². The second-order valence-electron chi connectivity index (χ2n) is 5.51. The van der Waals surface area contributed by atoms with Crippen LogP contribution >= 0.6 is 0 Å². The zero-order chi connectivity index (χ0) is 15.4. The van der Waals surface area contributed by atoms with E-state index in [-0.39, 0.29) is 11.6 Å². The number of carboxylic acids is 1. The first kappa shape index (κ1) is 15.3. The van der Waals surface area contributed by atoms with Crippen molar-refractivity contribution >= 4 is 22.6 Å². The van der Waals surface area contributed by atoms with Crippen LogP contribution in [0.1, 0.15) is 23.7 Å². The summed E-state index contributed by atoms with van der Waals surface area (Å²) in [4.78, 5) is 17.8. The molecule has 0 aliphatic rings. The number of nitrogens with one attached hydrogen (secondary N) is 1. The lowest BCUT2D eigenvalue weighted by atomic mass is 10.1. The summed E-state index contributed by atoms with van der Waals surface area (Å²) < 4.78 is 0. The van der Waals surface area contributed by atoms with Crippen molar-refractivity contribution in [2.24, 2.45) is 0 Å². The number of aromatic nitrogens is 1. The number of rotatable bonds is 6. The quantitative estimate of drug-likeness (QED) is 0.855.